The van der Waals surface area contributed by atoms with Crippen LogP contribution in [-0.2, 0) is 10.1 Å². The summed E-state index contributed by atoms with van der Waals surface area (Å²) in [5.41, 5.74) is 1.28. The number of fused-ring (bicyclic) bond motifs is 1. The normalized spacial score (nSPS) is 27.9. The Hall–Kier alpha value is -0.610. The van der Waals surface area contributed by atoms with Crippen molar-refractivity contribution >= 4 is 21.7 Å². The zero-order valence-corrected chi connectivity index (χ0v) is 12.1. The SMILES string of the molecule is BrCc1cccnc1N1CCOC2CCCCC21. The second-order valence-electron chi connectivity index (χ2n) is 5.07. The van der Waals surface area contributed by atoms with Crippen LogP contribution in [0.25, 0.3) is 0 Å². The Morgan fingerprint density at radius 1 is 1.39 bits per heavy atom. The molecule has 0 radical (unpaired) electrons. The summed E-state index contributed by atoms with van der Waals surface area (Å²) >= 11 is 3.57. The fraction of sp³-hybridized carbons (Fsp3) is 0.643. The van der Waals surface area contributed by atoms with Gasteiger partial charge in [0.2, 0.25) is 0 Å². The van der Waals surface area contributed by atoms with E-state index < -0.39 is 0 Å². The Morgan fingerprint density at radius 2 is 2.28 bits per heavy atom. The Kier molecular flexibility index (Phi) is 3.85. The van der Waals surface area contributed by atoms with Crippen molar-refractivity contribution in [3.05, 3.63) is 23.9 Å². The van der Waals surface area contributed by atoms with Gasteiger partial charge in [-0.15, -0.1) is 0 Å². The van der Waals surface area contributed by atoms with Gasteiger partial charge in [-0.1, -0.05) is 34.8 Å². The Morgan fingerprint density at radius 3 is 3.17 bits per heavy atom. The maximum absolute atomic E-state index is 5.93. The number of anilines is 1. The molecule has 1 aromatic rings. The molecule has 2 fully saturated rings. The standard InChI is InChI=1S/C14H19BrN2O/c15-10-11-4-3-7-16-14(11)17-8-9-18-13-6-2-1-5-12(13)17/h3-4,7,12-13H,1-2,5-6,8-10H2. The number of alkyl halides is 1. The minimum absolute atomic E-state index is 0.415. The number of nitrogens with zero attached hydrogens (tertiary/aromatic N) is 2. The Labute approximate surface area is 117 Å². The molecule has 1 saturated heterocycles. The minimum Gasteiger partial charge on any atom is -0.374 e. The predicted octanol–water partition coefficient (Wildman–Crippen LogP) is 3.12. The van der Waals surface area contributed by atoms with Gasteiger partial charge in [-0.25, -0.2) is 4.98 Å². The average molecular weight is 311 g/mol. The molecule has 1 aliphatic heterocycles. The summed E-state index contributed by atoms with van der Waals surface area (Å²) in [6.45, 7) is 1.80. The number of rotatable bonds is 2. The number of hydrogen-bond acceptors (Lipinski definition) is 3. The van der Waals surface area contributed by atoms with Crippen molar-refractivity contribution in [3.8, 4) is 0 Å². The Balaban J connectivity index is 1.89. The third-order valence-corrected chi connectivity index (χ3v) is 4.62. The van der Waals surface area contributed by atoms with Crippen LogP contribution in [0.3, 0.4) is 0 Å². The van der Waals surface area contributed by atoms with Crippen LogP contribution < -0.4 is 4.90 Å². The maximum Gasteiger partial charge on any atom is 0.132 e. The van der Waals surface area contributed by atoms with E-state index in [0.29, 0.717) is 12.1 Å². The molecule has 0 bridgehead atoms. The average Bonchev–Trinajstić information content (AvgIpc) is 2.46. The van der Waals surface area contributed by atoms with Crippen molar-refractivity contribution in [1.29, 1.82) is 0 Å². The molecule has 2 unspecified atom stereocenters. The molecule has 0 spiro atoms. The summed E-state index contributed by atoms with van der Waals surface area (Å²) in [5, 5.41) is 0.866. The van der Waals surface area contributed by atoms with Crippen LogP contribution in [0.15, 0.2) is 18.3 Å². The second kappa shape index (κ2) is 5.57. The predicted molar refractivity (Wildman–Crippen MR) is 76.2 cm³/mol. The highest BCUT2D eigenvalue weighted by molar-refractivity contribution is 9.08. The third kappa shape index (κ3) is 2.28. The minimum atomic E-state index is 0.415. The monoisotopic (exact) mass is 310 g/mol. The van der Waals surface area contributed by atoms with Crippen LogP contribution in [0.5, 0.6) is 0 Å². The largest absolute Gasteiger partial charge is 0.374 e. The zero-order chi connectivity index (χ0) is 12.4. The topological polar surface area (TPSA) is 25.4 Å². The van der Waals surface area contributed by atoms with Crippen LogP contribution >= 0.6 is 15.9 Å². The molecular formula is C14H19BrN2O. The molecule has 4 heteroatoms. The van der Waals surface area contributed by atoms with Crippen molar-refractivity contribution in [2.45, 2.75) is 43.2 Å². The number of aromatic nitrogens is 1. The van der Waals surface area contributed by atoms with Gasteiger partial charge in [0.15, 0.2) is 0 Å². The van der Waals surface area contributed by atoms with E-state index in [1.807, 2.05) is 12.3 Å². The zero-order valence-electron chi connectivity index (χ0n) is 10.5. The first-order valence-electron chi connectivity index (χ1n) is 6.78. The molecule has 0 N–H and O–H groups in total. The number of morpholine rings is 1. The number of hydrogen-bond donors (Lipinski definition) is 0. The lowest BCUT2D eigenvalue weighted by molar-refractivity contribution is -0.00903. The van der Waals surface area contributed by atoms with Crippen molar-refractivity contribution in [1.82, 2.24) is 4.98 Å². The van der Waals surface area contributed by atoms with Crippen molar-refractivity contribution in [2.24, 2.45) is 0 Å². The first-order valence-corrected chi connectivity index (χ1v) is 7.90. The van der Waals surface area contributed by atoms with Gasteiger partial charge in [0.1, 0.15) is 5.82 Å². The van der Waals surface area contributed by atoms with E-state index in [9.17, 15) is 0 Å². The fourth-order valence-corrected chi connectivity index (χ4v) is 3.59. The fourth-order valence-electron chi connectivity index (χ4n) is 3.15. The molecular weight excluding hydrogens is 292 g/mol. The molecule has 2 atom stereocenters. The highest BCUT2D eigenvalue weighted by Crippen LogP contribution is 2.32. The molecule has 0 amide bonds. The van der Waals surface area contributed by atoms with E-state index in [2.05, 4.69) is 31.9 Å². The van der Waals surface area contributed by atoms with Gasteiger partial charge in [0.05, 0.1) is 18.8 Å². The molecule has 2 heterocycles. The van der Waals surface area contributed by atoms with Gasteiger partial charge >= 0.3 is 0 Å². The van der Waals surface area contributed by atoms with E-state index in [1.165, 1.54) is 31.2 Å². The molecule has 18 heavy (non-hydrogen) atoms. The summed E-state index contributed by atoms with van der Waals surface area (Å²) in [6.07, 6.45) is 7.38. The summed E-state index contributed by atoms with van der Waals surface area (Å²) in [6, 6.07) is 4.70. The second-order valence-corrected chi connectivity index (χ2v) is 5.63. The summed E-state index contributed by atoms with van der Waals surface area (Å²) in [7, 11) is 0. The van der Waals surface area contributed by atoms with Crippen LogP contribution in [-0.4, -0.2) is 30.3 Å². The van der Waals surface area contributed by atoms with Gasteiger partial charge in [0.25, 0.3) is 0 Å². The first kappa shape index (κ1) is 12.4. The molecule has 3 rings (SSSR count). The van der Waals surface area contributed by atoms with Gasteiger partial charge in [-0.05, 0) is 18.9 Å². The lowest BCUT2D eigenvalue weighted by Gasteiger charge is -2.44. The molecule has 1 aliphatic carbocycles. The van der Waals surface area contributed by atoms with E-state index in [4.69, 9.17) is 4.74 Å². The number of halogens is 1. The summed E-state index contributed by atoms with van der Waals surface area (Å²) in [4.78, 5) is 7.08. The van der Waals surface area contributed by atoms with Crippen molar-refractivity contribution < 1.29 is 4.74 Å². The molecule has 1 aromatic heterocycles. The molecule has 98 valence electrons. The van der Waals surface area contributed by atoms with Gasteiger partial charge in [-0.3, -0.25) is 0 Å². The van der Waals surface area contributed by atoms with Crippen LogP contribution in [0.2, 0.25) is 0 Å². The third-order valence-electron chi connectivity index (χ3n) is 4.02. The Bertz CT molecular complexity index is 411. The smallest absolute Gasteiger partial charge is 0.132 e. The molecule has 3 nitrogen and oxygen atoms in total. The first-order chi connectivity index (χ1) is 8.90. The van der Waals surface area contributed by atoms with E-state index in [-0.39, 0.29) is 0 Å². The van der Waals surface area contributed by atoms with E-state index in [1.54, 1.807) is 0 Å². The van der Waals surface area contributed by atoms with Gasteiger partial charge < -0.3 is 9.64 Å². The highest BCUT2D eigenvalue weighted by Gasteiger charge is 2.35. The van der Waals surface area contributed by atoms with Crippen LogP contribution in [0.1, 0.15) is 31.2 Å². The maximum atomic E-state index is 5.93. The van der Waals surface area contributed by atoms with Crippen LogP contribution in [0, 0.1) is 0 Å². The molecule has 1 saturated carbocycles. The van der Waals surface area contributed by atoms with E-state index >= 15 is 0 Å². The number of pyridine rings is 1. The van der Waals surface area contributed by atoms with Gasteiger partial charge in [0, 0.05) is 23.6 Å². The summed E-state index contributed by atoms with van der Waals surface area (Å²) < 4.78 is 5.93. The molecule has 2 aliphatic rings. The van der Waals surface area contributed by atoms with Crippen molar-refractivity contribution in [3.63, 3.8) is 0 Å². The lowest BCUT2D eigenvalue weighted by Crippen LogP contribution is -2.53. The van der Waals surface area contributed by atoms with Gasteiger partial charge in [-0.2, -0.15) is 0 Å². The lowest BCUT2D eigenvalue weighted by atomic mass is 9.90. The van der Waals surface area contributed by atoms with Crippen LogP contribution in [0.4, 0.5) is 5.82 Å². The summed E-state index contributed by atoms with van der Waals surface area (Å²) in [5.74, 6) is 1.15. The highest BCUT2D eigenvalue weighted by atomic mass is 79.9. The van der Waals surface area contributed by atoms with Crippen molar-refractivity contribution in [2.75, 3.05) is 18.1 Å². The quantitative estimate of drug-likeness (QED) is 0.785. The van der Waals surface area contributed by atoms with E-state index in [0.717, 1.165) is 24.3 Å². The number of ether oxygens (including phenoxy) is 1. The molecule has 0 aromatic carbocycles.